The van der Waals surface area contributed by atoms with Gasteiger partial charge in [0.2, 0.25) is 0 Å². The molecule has 1 aromatic carbocycles. The number of fused-ring (bicyclic) bond motifs is 3. The van der Waals surface area contributed by atoms with Gasteiger partial charge in [0.05, 0.1) is 5.69 Å². The Morgan fingerprint density at radius 2 is 2.06 bits per heavy atom. The van der Waals surface area contributed by atoms with Gasteiger partial charge < -0.3 is 15.0 Å². The molecule has 0 radical (unpaired) electrons. The summed E-state index contributed by atoms with van der Waals surface area (Å²) in [6.07, 6.45) is 2.19. The second-order valence-electron chi connectivity index (χ2n) is 10.3. The highest BCUT2D eigenvalue weighted by Gasteiger charge is 2.50. The number of hydrogen-bond donors (Lipinski definition) is 1. The van der Waals surface area contributed by atoms with Gasteiger partial charge in [0.1, 0.15) is 17.1 Å². The fourth-order valence-electron chi connectivity index (χ4n) is 4.95. The van der Waals surface area contributed by atoms with Crippen LogP contribution in [0.2, 0.25) is 0 Å². The first-order chi connectivity index (χ1) is 15.6. The zero-order valence-corrected chi connectivity index (χ0v) is 19.0. The molecule has 3 aliphatic rings. The molecule has 2 aliphatic carbocycles. The molecule has 176 valence electrons. The Bertz CT molecular complexity index is 1120. The number of benzene rings is 1. The quantitative estimate of drug-likeness (QED) is 0.756. The lowest BCUT2D eigenvalue weighted by Gasteiger charge is -2.24. The van der Waals surface area contributed by atoms with Gasteiger partial charge in [0, 0.05) is 37.2 Å². The molecule has 2 fully saturated rings. The van der Waals surface area contributed by atoms with Crippen LogP contribution in [0.15, 0.2) is 18.2 Å². The first kappa shape index (κ1) is 21.9. The molecule has 2 amide bonds. The number of likely N-dealkylation sites (tertiary alicyclic amines) is 1. The smallest absolute Gasteiger partial charge is 0.410 e. The monoisotopic (exact) mass is 458 g/mol. The van der Waals surface area contributed by atoms with Gasteiger partial charge in [0.25, 0.3) is 5.91 Å². The van der Waals surface area contributed by atoms with Crippen molar-refractivity contribution in [1.29, 1.82) is 0 Å². The van der Waals surface area contributed by atoms with Gasteiger partial charge in [-0.25, -0.2) is 18.3 Å². The van der Waals surface area contributed by atoms with E-state index in [2.05, 4.69) is 10.4 Å². The lowest BCUT2D eigenvalue weighted by Crippen LogP contribution is -2.36. The van der Waals surface area contributed by atoms with E-state index < -0.39 is 17.2 Å². The van der Waals surface area contributed by atoms with Crippen molar-refractivity contribution in [1.82, 2.24) is 20.0 Å². The summed E-state index contributed by atoms with van der Waals surface area (Å²) in [4.78, 5) is 27.0. The van der Waals surface area contributed by atoms with E-state index in [4.69, 9.17) is 4.74 Å². The van der Waals surface area contributed by atoms with Crippen molar-refractivity contribution in [3.05, 3.63) is 46.8 Å². The minimum atomic E-state index is -0.704. The number of nitrogens with one attached hydrogen (secondary N) is 1. The van der Waals surface area contributed by atoms with E-state index >= 15 is 0 Å². The molecule has 2 heterocycles. The predicted octanol–water partition coefficient (Wildman–Crippen LogP) is 3.80. The molecule has 1 N–H and O–H groups in total. The Hall–Kier alpha value is -2.97. The van der Waals surface area contributed by atoms with Crippen LogP contribution >= 0.6 is 0 Å². The zero-order valence-electron chi connectivity index (χ0n) is 19.0. The molecule has 2 aromatic rings. The van der Waals surface area contributed by atoms with Crippen molar-refractivity contribution in [3.8, 4) is 5.69 Å². The van der Waals surface area contributed by atoms with Gasteiger partial charge in [-0.2, -0.15) is 5.10 Å². The maximum absolute atomic E-state index is 14.5. The molecular formula is C24H28F2N4O3. The van der Waals surface area contributed by atoms with Crippen LogP contribution in [0, 0.1) is 23.5 Å². The third-order valence-corrected chi connectivity index (χ3v) is 6.61. The zero-order chi connectivity index (χ0) is 23.5. The maximum atomic E-state index is 14.5. The summed E-state index contributed by atoms with van der Waals surface area (Å²) in [6.45, 7) is 7.02. The number of halogens is 2. The van der Waals surface area contributed by atoms with Crippen molar-refractivity contribution >= 4 is 12.0 Å². The number of carbonyl (C=O) groups excluding carboxylic acids is 2. The van der Waals surface area contributed by atoms with Crippen molar-refractivity contribution in [3.63, 3.8) is 0 Å². The number of aromatic nitrogens is 2. The highest BCUT2D eigenvalue weighted by Crippen LogP contribution is 2.57. The Labute approximate surface area is 191 Å². The first-order valence-corrected chi connectivity index (χ1v) is 11.4. The molecule has 1 saturated carbocycles. The van der Waals surface area contributed by atoms with E-state index in [1.54, 1.807) is 4.90 Å². The molecule has 1 saturated heterocycles. The average molecular weight is 459 g/mol. The van der Waals surface area contributed by atoms with Crippen LogP contribution < -0.4 is 5.32 Å². The van der Waals surface area contributed by atoms with Crippen LogP contribution in [0.3, 0.4) is 0 Å². The standard InChI is InChI=1S/C24H28F2N4O3/c1-24(2,3)33-23(32)29-7-6-13(12-29)11-27-22(31)20-17-9-14-8-16(14)21(17)30(28-20)19-5-4-15(25)10-18(19)26/h4-5,10,13-14,16H,6-9,11-12H2,1-3H3,(H,27,31)/t13?,14-,16-/m1/s1. The Morgan fingerprint density at radius 3 is 2.79 bits per heavy atom. The van der Waals surface area contributed by atoms with E-state index in [0.29, 0.717) is 31.2 Å². The maximum Gasteiger partial charge on any atom is 0.410 e. The molecule has 9 heteroatoms. The molecule has 1 unspecified atom stereocenters. The molecule has 1 aromatic heterocycles. The van der Waals surface area contributed by atoms with E-state index in [-0.39, 0.29) is 29.5 Å². The van der Waals surface area contributed by atoms with Gasteiger partial charge in [-0.3, -0.25) is 4.79 Å². The molecule has 5 rings (SSSR count). The number of hydrogen-bond acceptors (Lipinski definition) is 4. The summed E-state index contributed by atoms with van der Waals surface area (Å²) in [5.74, 6) is -0.791. The van der Waals surface area contributed by atoms with E-state index in [1.165, 1.54) is 16.8 Å². The van der Waals surface area contributed by atoms with Crippen LogP contribution in [0.1, 0.15) is 61.3 Å². The lowest BCUT2D eigenvalue weighted by atomic mass is 10.1. The van der Waals surface area contributed by atoms with Gasteiger partial charge in [-0.15, -0.1) is 0 Å². The fraction of sp³-hybridized carbons (Fsp3) is 0.542. The van der Waals surface area contributed by atoms with Gasteiger partial charge in [-0.05, 0) is 64.0 Å². The highest BCUT2D eigenvalue weighted by molar-refractivity contribution is 5.94. The molecule has 3 atom stereocenters. The van der Waals surface area contributed by atoms with Crippen LogP contribution in [-0.4, -0.2) is 51.9 Å². The van der Waals surface area contributed by atoms with Crippen molar-refractivity contribution in [2.45, 2.75) is 51.6 Å². The summed E-state index contributed by atoms with van der Waals surface area (Å²) in [5.41, 5.74) is 1.64. The number of ether oxygens (including phenoxy) is 1. The Morgan fingerprint density at radius 1 is 1.27 bits per heavy atom. The highest BCUT2D eigenvalue weighted by atomic mass is 19.1. The normalized spacial score (nSPS) is 23.3. The summed E-state index contributed by atoms with van der Waals surface area (Å²) in [5, 5.41) is 7.41. The molecule has 33 heavy (non-hydrogen) atoms. The molecular weight excluding hydrogens is 430 g/mol. The van der Waals surface area contributed by atoms with Crippen molar-refractivity contribution < 1.29 is 23.1 Å². The van der Waals surface area contributed by atoms with E-state index in [1.807, 2.05) is 20.8 Å². The fourth-order valence-corrected chi connectivity index (χ4v) is 4.95. The average Bonchev–Trinajstić information content (AvgIpc) is 3.07. The van der Waals surface area contributed by atoms with Crippen molar-refractivity contribution in [2.24, 2.45) is 11.8 Å². The Balaban J connectivity index is 1.28. The number of carbonyl (C=O) groups is 2. The summed E-state index contributed by atoms with van der Waals surface area (Å²) in [7, 11) is 0. The lowest BCUT2D eigenvalue weighted by molar-refractivity contribution is 0.0288. The van der Waals surface area contributed by atoms with Crippen LogP contribution in [-0.2, 0) is 11.2 Å². The van der Waals surface area contributed by atoms with E-state index in [9.17, 15) is 18.4 Å². The van der Waals surface area contributed by atoms with Crippen molar-refractivity contribution in [2.75, 3.05) is 19.6 Å². The van der Waals surface area contributed by atoms with Crippen LogP contribution in [0.25, 0.3) is 5.69 Å². The summed E-state index contributed by atoms with van der Waals surface area (Å²) in [6, 6.07) is 3.39. The molecule has 7 nitrogen and oxygen atoms in total. The molecule has 0 spiro atoms. The van der Waals surface area contributed by atoms with E-state index in [0.717, 1.165) is 36.6 Å². The predicted molar refractivity (Wildman–Crippen MR) is 116 cm³/mol. The Kier molecular flexibility index (Phi) is 5.17. The first-order valence-electron chi connectivity index (χ1n) is 11.4. The molecule has 1 aliphatic heterocycles. The third-order valence-electron chi connectivity index (χ3n) is 6.61. The van der Waals surface area contributed by atoms with Crippen LogP contribution in [0.5, 0.6) is 0 Å². The topological polar surface area (TPSA) is 76.5 Å². The second kappa shape index (κ2) is 7.81. The number of rotatable bonds is 4. The number of amides is 2. The minimum Gasteiger partial charge on any atom is -0.444 e. The third kappa shape index (κ3) is 4.20. The second-order valence-corrected chi connectivity index (χ2v) is 10.3. The SMILES string of the molecule is CC(C)(C)OC(=O)N1CCC(CNC(=O)c2nn(-c3ccc(F)cc3F)c3c2C[C@H]2C[C@@H]32)C1. The molecule has 0 bridgehead atoms. The number of nitrogens with zero attached hydrogens (tertiary/aromatic N) is 3. The largest absolute Gasteiger partial charge is 0.444 e. The summed E-state index contributed by atoms with van der Waals surface area (Å²) < 4.78 is 34.8. The summed E-state index contributed by atoms with van der Waals surface area (Å²) >= 11 is 0. The van der Waals surface area contributed by atoms with Gasteiger partial charge in [-0.1, -0.05) is 0 Å². The van der Waals surface area contributed by atoms with Crippen LogP contribution in [0.4, 0.5) is 13.6 Å². The van der Waals surface area contributed by atoms with Gasteiger partial charge in [0.15, 0.2) is 11.5 Å². The minimum absolute atomic E-state index is 0.125. The van der Waals surface area contributed by atoms with Gasteiger partial charge >= 0.3 is 6.09 Å².